The molecule has 0 radical (unpaired) electrons. The van der Waals surface area contributed by atoms with Crippen LogP contribution in [0.4, 0.5) is 0 Å². The first kappa shape index (κ1) is 16.6. The summed E-state index contributed by atoms with van der Waals surface area (Å²) in [4.78, 5) is 0. The number of hydrogen-bond donors (Lipinski definition) is 1. The Kier molecular flexibility index (Phi) is 13.4. The summed E-state index contributed by atoms with van der Waals surface area (Å²) in [7, 11) is 6.16. The minimum absolute atomic E-state index is 0. The molecule has 0 saturated carbocycles. The van der Waals surface area contributed by atoms with Crippen molar-refractivity contribution in [3.63, 3.8) is 0 Å². The van der Waals surface area contributed by atoms with Gasteiger partial charge in [-0.05, 0) is 0 Å². The Bertz CT molecular complexity index is 55.4. The third-order valence-electron chi connectivity index (χ3n) is 0.771. The Hall–Kier alpha value is 1.13. The van der Waals surface area contributed by atoms with Crippen LogP contribution in [-0.4, -0.2) is 43.9 Å². The molecular weight excluding hydrogens is 238 g/mol. The van der Waals surface area contributed by atoms with Crippen molar-refractivity contribution in [2.24, 2.45) is 0 Å². The summed E-state index contributed by atoms with van der Waals surface area (Å²) in [5, 5.41) is 8.39. The standard InChI is InChI=1S/C5H14NO.Cd.ClH/c1-6(2,3)4-5-7;;/h7H,4-5H2,1-3H3;;1H/q+1;+2;/p-1. The van der Waals surface area contributed by atoms with Crippen molar-refractivity contribution in [2.75, 3.05) is 34.3 Å². The molecule has 0 spiro atoms. The van der Waals surface area contributed by atoms with Crippen molar-refractivity contribution in [1.29, 1.82) is 0 Å². The predicted octanol–water partition coefficient (Wildman–Crippen LogP) is -3.31. The Morgan fingerprint density at radius 1 is 1.22 bits per heavy atom. The molecule has 9 heavy (non-hydrogen) atoms. The van der Waals surface area contributed by atoms with Gasteiger partial charge in [0.15, 0.2) is 0 Å². The van der Waals surface area contributed by atoms with Crippen molar-refractivity contribution in [3.8, 4) is 0 Å². The van der Waals surface area contributed by atoms with Crippen molar-refractivity contribution < 1.29 is 49.3 Å². The molecule has 4 heteroatoms. The number of aliphatic hydroxyl groups is 1. The van der Waals surface area contributed by atoms with E-state index in [2.05, 4.69) is 21.1 Å². The number of nitrogens with zero attached hydrogens (tertiary/aromatic N) is 1. The molecule has 0 aromatic carbocycles. The Morgan fingerprint density at radius 2 is 1.56 bits per heavy atom. The van der Waals surface area contributed by atoms with Gasteiger partial charge in [-0.2, -0.15) is 0 Å². The Balaban J connectivity index is -0.000000180. The van der Waals surface area contributed by atoms with Gasteiger partial charge in [0.1, 0.15) is 6.54 Å². The van der Waals surface area contributed by atoms with Crippen molar-refractivity contribution in [2.45, 2.75) is 0 Å². The van der Waals surface area contributed by atoms with Gasteiger partial charge in [-0.15, -0.1) is 0 Å². The predicted molar refractivity (Wildman–Crippen MR) is 30.0 cm³/mol. The van der Waals surface area contributed by atoms with Gasteiger partial charge in [0.25, 0.3) is 0 Å². The van der Waals surface area contributed by atoms with Gasteiger partial charge in [0.2, 0.25) is 0 Å². The molecule has 52 valence electrons. The second kappa shape index (κ2) is 7.24. The fraction of sp³-hybridized carbons (Fsp3) is 1.00. The van der Waals surface area contributed by atoms with E-state index < -0.39 is 0 Å². The van der Waals surface area contributed by atoms with E-state index in [1.807, 2.05) is 0 Å². The summed E-state index contributed by atoms with van der Waals surface area (Å²) in [6.07, 6.45) is 0. The molecule has 0 aromatic rings. The molecule has 0 saturated heterocycles. The van der Waals surface area contributed by atoms with Crippen LogP contribution in [-0.2, 0) is 27.3 Å². The molecule has 0 aromatic heterocycles. The number of rotatable bonds is 2. The third-order valence-corrected chi connectivity index (χ3v) is 0.771. The average molecular weight is 252 g/mol. The number of aliphatic hydroxyl groups excluding tert-OH is 1. The Labute approximate surface area is 83.4 Å². The van der Waals surface area contributed by atoms with E-state index in [1.165, 1.54) is 0 Å². The first-order chi connectivity index (χ1) is 3.06. The monoisotopic (exact) mass is 253 g/mol. The molecule has 0 bridgehead atoms. The molecule has 2 nitrogen and oxygen atoms in total. The first-order valence-corrected chi connectivity index (χ1v) is 2.47. The summed E-state index contributed by atoms with van der Waals surface area (Å²) in [5.41, 5.74) is 0. The van der Waals surface area contributed by atoms with Crippen LogP contribution in [0.25, 0.3) is 0 Å². The van der Waals surface area contributed by atoms with E-state index in [0.29, 0.717) is 0 Å². The van der Waals surface area contributed by atoms with Gasteiger partial charge >= 0.3 is 27.3 Å². The van der Waals surface area contributed by atoms with Crippen LogP contribution in [0.2, 0.25) is 0 Å². The number of quaternary nitrogens is 1. The Morgan fingerprint density at radius 3 is 1.56 bits per heavy atom. The summed E-state index contributed by atoms with van der Waals surface area (Å²) in [6.45, 7) is 1.11. The molecule has 0 aliphatic carbocycles. The molecule has 1 N–H and O–H groups in total. The van der Waals surface area contributed by atoms with E-state index in [4.69, 9.17) is 5.11 Å². The maximum absolute atomic E-state index is 8.39. The van der Waals surface area contributed by atoms with Crippen molar-refractivity contribution >= 4 is 0 Å². The van der Waals surface area contributed by atoms with Crippen LogP contribution in [0.5, 0.6) is 0 Å². The zero-order valence-electron chi connectivity index (χ0n) is 6.39. The second-order valence-corrected chi connectivity index (χ2v) is 2.74. The minimum Gasteiger partial charge on any atom is -1.00 e. The first-order valence-electron chi connectivity index (χ1n) is 2.47. The van der Waals surface area contributed by atoms with Gasteiger partial charge in [-0.25, -0.2) is 0 Å². The van der Waals surface area contributed by atoms with Gasteiger partial charge in [-0.1, -0.05) is 0 Å². The minimum atomic E-state index is 0. The SMILES string of the molecule is C[N+](C)(C)CCO.[Cd+2].[Cl-]. The maximum Gasteiger partial charge on any atom is 2.00 e. The smallest absolute Gasteiger partial charge is 1.00 e. The fourth-order valence-corrected chi connectivity index (χ4v) is 0.300. The third kappa shape index (κ3) is 17.6. The van der Waals surface area contributed by atoms with E-state index in [1.54, 1.807) is 0 Å². The topological polar surface area (TPSA) is 20.2 Å². The van der Waals surface area contributed by atoms with Crippen LogP contribution >= 0.6 is 0 Å². The van der Waals surface area contributed by atoms with E-state index in [0.717, 1.165) is 11.0 Å². The van der Waals surface area contributed by atoms with Crippen LogP contribution < -0.4 is 12.4 Å². The van der Waals surface area contributed by atoms with Gasteiger partial charge in [0.05, 0.1) is 27.7 Å². The average Bonchev–Trinajstić information content (AvgIpc) is 1.30. The quantitative estimate of drug-likeness (QED) is 0.403. The summed E-state index contributed by atoms with van der Waals surface area (Å²) in [5.74, 6) is 0. The van der Waals surface area contributed by atoms with Crippen LogP contribution in [0.15, 0.2) is 0 Å². The van der Waals surface area contributed by atoms with Crippen molar-refractivity contribution in [1.82, 2.24) is 0 Å². The van der Waals surface area contributed by atoms with Crippen LogP contribution in [0.3, 0.4) is 0 Å². The van der Waals surface area contributed by atoms with E-state index >= 15 is 0 Å². The number of hydrogen-bond acceptors (Lipinski definition) is 1. The molecule has 0 unspecified atom stereocenters. The largest absolute Gasteiger partial charge is 2.00 e. The van der Waals surface area contributed by atoms with Gasteiger partial charge in [-0.3, -0.25) is 0 Å². The number of likely N-dealkylation sites (N-methyl/N-ethyl adjacent to an activating group) is 1. The molecule has 0 amide bonds. The maximum atomic E-state index is 8.39. The fourth-order valence-electron chi connectivity index (χ4n) is 0.300. The second-order valence-electron chi connectivity index (χ2n) is 2.74. The van der Waals surface area contributed by atoms with Gasteiger partial charge in [0, 0.05) is 0 Å². The summed E-state index contributed by atoms with van der Waals surface area (Å²) >= 11 is 0. The molecule has 0 aliphatic heterocycles. The molecule has 0 fully saturated rings. The van der Waals surface area contributed by atoms with Crippen molar-refractivity contribution in [3.05, 3.63) is 0 Å². The molecule has 0 aliphatic rings. The number of halogens is 1. The van der Waals surface area contributed by atoms with Crippen LogP contribution in [0, 0.1) is 0 Å². The van der Waals surface area contributed by atoms with E-state index in [-0.39, 0.29) is 46.3 Å². The molecule has 0 atom stereocenters. The van der Waals surface area contributed by atoms with E-state index in [9.17, 15) is 0 Å². The molecule has 0 rings (SSSR count). The zero-order valence-corrected chi connectivity index (χ0v) is 11.2. The zero-order chi connectivity index (χ0) is 5.91. The summed E-state index contributed by atoms with van der Waals surface area (Å²) in [6, 6.07) is 0. The molecule has 0 heterocycles. The molecular formula is C5H14CdClNO+2. The van der Waals surface area contributed by atoms with Gasteiger partial charge < -0.3 is 22.0 Å². The van der Waals surface area contributed by atoms with Crippen LogP contribution in [0.1, 0.15) is 0 Å². The summed E-state index contributed by atoms with van der Waals surface area (Å²) < 4.78 is 0.844. The normalized spacial score (nSPS) is 9.33.